The highest BCUT2D eigenvalue weighted by Crippen LogP contribution is 2.42. The maximum absolute atomic E-state index is 11.9. The molecule has 1 saturated heterocycles. The van der Waals surface area contributed by atoms with Crippen molar-refractivity contribution in [3.63, 3.8) is 0 Å². The van der Waals surface area contributed by atoms with Crippen LogP contribution >= 0.6 is 20.0 Å². The van der Waals surface area contributed by atoms with Crippen LogP contribution in [0.2, 0.25) is 0 Å². The molecule has 0 saturated carbocycles. The normalized spacial score (nSPS) is 24.6. The molecule has 15 heteroatoms. The van der Waals surface area contributed by atoms with Crippen LogP contribution in [0.5, 0.6) is 0 Å². The molecule has 4 N–H and O–H groups in total. The fourth-order valence-corrected chi connectivity index (χ4v) is 4.68. The summed E-state index contributed by atoms with van der Waals surface area (Å²) in [7, 11) is -2.62. The van der Waals surface area contributed by atoms with E-state index in [1.54, 1.807) is 0 Å². The Bertz CT molecular complexity index is 967. The van der Waals surface area contributed by atoms with E-state index >= 15 is 0 Å². The Morgan fingerprint density at radius 1 is 1.34 bits per heavy atom. The van der Waals surface area contributed by atoms with Gasteiger partial charge in [0.2, 0.25) is 0 Å². The molecule has 29 heavy (non-hydrogen) atoms. The van der Waals surface area contributed by atoms with E-state index < -0.39 is 47.6 Å². The van der Waals surface area contributed by atoms with Crippen molar-refractivity contribution in [1.82, 2.24) is 9.55 Å². The van der Waals surface area contributed by atoms with Gasteiger partial charge in [0, 0.05) is 10.8 Å². The van der Waals surface area contributed by atoms with Crippen molar-refractivity contribution in [1.29, 1.82) is 0 Å². The number of nitrogens with two attached hydrogens (primary N) is 1. The summed E-state index contributed by atoms with van der Waals surface area (Å²) in [4.78, 5) is 25.3. The second kappa shape index (κ2) is 8.98. The number of aliphatic hydroxyl groups excluding tert-OH is 2. The Hall–Kier alpha value is -2.35. The average Bonchev–Trinajstić information content (AvgIpc) is 3.25. The molecule has 1 unspecified atom stereocenters. The molecule has 1 aliphatic rings. The Kier molecular flexibility index (Phi) is 6.62. The van der Waals surface area contributed by atoms with Gasteiger partial charge in [-0.2, -0.15) is 4.98 Å². The summed E-state index contributed by atoms with van der Waals surface area (Å²) in [6.07, 6.45) is -1.20. The van der Waals surface area contributed by atoms with E-state index in [1.807, 2.05) is 0 Å². The van der Waals surface area contributed by atoms with Crippen LogP contribution in [0.4, 0.5) is 11.7 Å². The number of hydrogen-bond donors (Lipinski definition) is 3. The van der Waals surface area contributed by atoms with Gasteiger partial charge in [0.1, 0.15) is 34.6 Å². The van der Waals surface area contributed by atoms with Crippen LogP contribution in [0.3, 0.4) is 0 Å². The number of nitrogen functional groups attached to an aromatic ring is 1. The predicted octanol–water partition coefficient (Wildman–Crippen LogP) is 0.553. The van der Waals surface area contributed by atoms with Crippen LogP contribution in [-0.4, -0.2) is 48.8 Å². The number of anilines is 1. The molecule has 2 aromatic heterocycles. The molecule has 13 nitrogen and oxygen atoms in total. The highest BCUT2D eigenvalue weighted by atomic mass is 32.2. The van der Waals surface area contributed by atoms with Gasteiger partial charge in [0.05, 0.1) is 17.4 Å². The molecule has 3 rings (SSSR count). The molecular formula is C14H16N4O9PS+. The molecule has 0 aromatic carbocycles. The minimum absolute atomic E-state index is 0.0280. The maximum Gasteiger partial charge on any atom is 0.697 e. The van der Waals surface area contributed by atoms with Gasteiger partial charge in [-0.25, -0.2) is 4.79 Å². The van der Waals surface area contributed by atoms with Gasteiger partial charge in [-0.1, -0.05) is 0 Å². The molecule has 5 atom stereocenters. The van der Waals surface area contributed by atoms with Crippen molar-refractivity contribution in [2.24, 2.45) is 0 Å². The molecule has 2 aromatic rings. The fourth-order valence-electron chi connectivity index (χ4n) is 2.55. The number of nitro groups is 1. The summed E-state index contributed by atoms with van der Waals surface area (Å²) in [5.74, 6) is -0.359. The zero-order valence-electron chi connectivity index (χ0n) is 14.6. The molecule has 0 amide bonds. The van der Waals surface area contributed by atoms with E-state index in [1.165, 1.54) is 18.3 Å². The SMILES string of the molecule is Nc1ccn([C@@H]2S[C@H](CO[P+](=O)OCc3ccc([N+](=O)[O-])o3)[C@@H](O)[C@@H]2O)c(=O)n1. The molecule has 0 bridgehead atoms. The van der Waals surface area contributed by atoms with Crippen LogP contribution in [0, 0.1) is 10.1 Å². The summed E-state index contributed by atoms with van der Waals surface area (Å²) in [5.41, 5.74) is 4.75. The third kappa shape index (κ3) is 4.98. The third-order valence-electron chi connectivity index (χ3n) is 3.95. The lowest BCUT2D eigenvalue weighted by Crippen LogP contribution is -2.36. The minimum Gasteiger partial charge on any atom is -0.403 e. The van der Waals surface area contributed by atoms with Crippen molar-refractivity contribution < 1.29 is 33.2 Å². The van der Waals surface area contributed by atoms with Crippen LogP contribution in [0.1, 0.15) is 11.1 Å². The van der Waals surface area contributed by atoms with E-state index in [4.69, 9.17) is 19.2 Å². The summed E-state index contributed by atoms with van der Waals surface area (Å²) in [5, 5.41) is 29.4. The zero-order chi connectivity index (χ0) is 21.1. The first-order valence-electron chi connectivity index (χ1n) is 8.08. The van der Waals surface area contributed by atoms with Crippen molar-refractivity contribution in [3.05, 3.63) is 50.8 Å². The van der Waals surface area contributed by atoms with Gasteiger partial charge < -0.3 is 20.4 Å². The van der Waals surface area contributed by atoms with E-state index in [0.29, 0.717) is 0 Å². The summed E-state index contributed by atoms with van der Waals surface area (Å²) < 4.78 is 27.8. The zero-order valence-corrected chi connectivity index (χ0v) is 16.3. The molecule has 1 fully saturated rings. The number of rotatable bonds is 8. The lowest BCUT2D eigenvalue weighted by molar-refractivity contribution is -0.402. The lowest BCUT2D eigenvalue weighted by atomic mass is 10.1. The standard InChI is InChI=1S/C14H15N4O9PS/c15-9-3-4-17(14(21)16-9)13-12(20)11(19)8(29-13)6-26-28(24)25-5-7-1-2-10(27-7)18(22)23/h1-4,8,11-13,19-20H,5-6H2,(H-,15,16,21)/p+1/t8-,11-,12+,13-/m1/s1. The monoisotopic (exact) mass is 447 g/mol. The van der Waals surface area contributed by atoms with Crippen molar-refractivity contribution in [2.75, 3.05) is 12.3 Å². The van der Waals surface area contributed by atoms with Gasteiger partial charge in [-0.3, -0.25) is 14.7 Å². The first kappa shape index (κ1) is 21.4. The molecule has 1 aliphatic heterocycles. The summed E-state index contributed by atoms with van der Waals surface area (Å²) >= 11 is 1.04. The Morgan fingerprint density at radius 2 is 2.10 bits per heavy atom. The second-order valence-electron chi connectivity index (χ2n) is 5.88. The average molecular weight is 447 g/mol. The number of aliphatic hydroxyl groups is 2. The highest BCUT2D eigenvalue weighted by molar-refractivity contribution is 8.00. The lowest BCUT2D eigenvalue weighted by Gasteiger charge is -2.17. The number of aromatic nitrogens is 2. The van der Waals surface area contributed by atoms with Gasteiger partial charge in [-0.05, 0) is 12.1 Å². The predicted molar refractivity (Wildman–Crippen MR) is 99.0 cm³/mol. The van der Waals surface area contributed by atoms with Gasteiger partial charge in [0.25, 0.3) is 0 Å². The quantitative estimate of drug-likeness (QED) is 0.289. The summed E-state index contributed by atoms with van der Waals surface area (Å²) in [6, 6.07) is 3.82. The van der Waals surface area contributed by atoms with Gasteiger partial charge >= 0.3 is 19.8 Å². The fraction of sp³-hybridized carbons (Fsp3) is 0.429. The smallest absolute Gasteiger partial charge is 0.403 e. The van der Waals surface area contributed by atoms with Crippen molar-refractivity contribution in [3.8, 4) is 0 Å². The van der Waals surface area contributed by atoms with Gasteiger partial charge in [-0.15, -0.1) is 20.8 Å². The molecular weight excluding hydrogens is 431 g/mol. The third-order valence-corrected chi connectivity index (χ3v) is 6.20. The molecule has 3 heterocycles. The Balaban J connectivity index is 1.52. The number of nitrogens with zero attached hydrogens (tertiary/aromatic N) is 3. The summed E-state index contributed by atoms with van der Waals surface area (Å²) in [6.45, 7) is -0.564. The largest absolute Gasteiger partial charge is 0.697 e. The van der Waals surface area contributed by atoms with E-state index in [-0.39, 0.29) is 24.8 Å². The molecule has 0 radical (unpaired) electrons. The minimum atomic E-state index is -2.62. The van der Waals surface area contributed by atoms with Crippen molar-refractivity contribution in [2.45, 2.75) is 29.4 Å². The van der Waals surface area contributed by atoms with Crippen LogP contribution in [-0.2, 0) is 20.2 Å². The van der Waals surface area contributed by atoms with Crippen molar-refractivity contribution >= 4 is 31.7 Å². The Labute approximate surface area is 167 Å². The number of thioether (sulfide) groups is 1. The number of hydrogen-bond acceptors (Lipinski definition) is 12. The van der Waals surface area contributed by atoms with E-state index in [2.05, 4.69) is 4.98 Å². The maximum atomic E-state index is 11.9. The molecule has 0 spiro atoms. The molecule has 0 aliphatic carbocycles. The van der Waals surface area contributed by atoms with Crippen LogP contribution in [0.15, 0.2) is 33.6 Å². The first-order valence-corrected chi connectivity index (χ1v) is 10.1. The van der Waals surface area contributed by atoms with Crippen LogP contribution in [0.25, 0.3) is 0 Å². The first-order chi connectivity index (χ1) is 13.8. The van der Waals surface area contributed by atoms with E-state index in [0.717, 1.165) is 22.4 Å². The van der Waals surface area contributed by atoms with Gasteiger partial charge in [0.15, 0.2) is 6.61 Å². The highest BCUT2D eigenvalue weighted by Gasteiger charge is 2.45. The van der Waals surface area contributed by atoms with Crippen LogP contribution < -0.4 is 11.4 Å². The second-order valence-corrected chi connectivity index (χ2v) is 8.20. The number of furan rings is 1. The topological polar surface area (TPSA) is 193 Å². The Morgan fingerprint density at radius 3 is 2.76 bits per heavy atom. The molecule has 156 valence electrons. The van der Waals surface area contributed by atoms with E-state index in [9.17, 15) is 29.7 Å².